The van der Waals surface area contributed by atoms with Gasteiger partial charge < -0.3 is 10.2 Å². The van der Waals surface area contributed by atoms with Crippen molar-refractivity contribution in [1.82, 2.24) is 15.2 Å². The zero-order chi connectivity index (χ0) is 20.9. The van der Waals surface area contributed by atoms with Crippen molar-refractivity contribution < 1.29 is 9.59 Å². The Morgan fingerprint density at radius 1 is 1.13 bits per heavy atom. The number of aryl methyl sites for hydroxylation is 1. The van der Waals surface area contributed by atoms with Gasteiger partial charge in [0.2, 0.25) is 5.91 Å². The van der Waals surface area contributed by atoms with Gasteiger partial charge in [0.15, 0.2) is 0 Å². The zero-order valence-corrected chi connectivity index (χ0v) is 17.8. The Morgan fingerprint density at radius 3 is 2.60 bits per heavy atom. The maximum absolute atomic E-state index is 12.7. The maximum Gasteiger partial charge on any atom is 0.254 e. The van der Waals surface area contributed by atoms with E-state index in [1.165, 1.54) is 0 Å². The van der Waals surface area contributed by atoms with Crippen LogP contribution in [0.15, 0.2) is 60.0 Å². The summed E-state index contributed by atoms with van der Waals surface area (Å²) in [7, 11) is 0. The second-order valence-electron chi connectivity index (χ2n) is 7.51. The molecule has 0 spiro atoms. The van der Waals surface area contributed by atoms with Gasteiger partial charge in [-0.1, -0.05) is 42.5 Å². The number of thiazole rings is 1. The summed E-state index contributed by atoms with van der Waals surface area (Å²) in [5.41, 5.74) is 3.90. The van der Waals surface area contributed by atoms with Crippen LogP contribution >= 0.6 is 11.3 Å². The molecule has 0 aliphatic carbocycles. The van der Waals surface area contributed by atoms with Crippen LogP contribution in [-0.2, 0) is 11.2 Å². The minimum atomic E-state index is -0.381. The van der Waals surface area contributed by atoms with E-state index in [0.717, 1.165) is 34.7 Å². The fourth-order valence-corrected chi connectivity index (χ4v) is 4.44. The van der Waals surface area contributed by atoms with Crippen molar-refractivity contribution in [3.8, 4) is 11.3 Å². The van der Waals surface area contributed by atoms with Crippen LogP contribution in [-0.4, -0.2) is 40.8 Å². The fraction of sp³-hybridized carbons (Fsp3) is 0.292. The van der Waals surface area contributed by atoms with Crippen molar-refractivity contribution in [1.29, 1.82) is 0 Å². The molecule has 5 nitrogen and oxygen atoms in total. The summed E-state index contributed by atoms with van der Waals surface area (Å²) in [6, 6.07) is 17.1. The third-order valence-corrected chi connectivity index (χ3v) is 6.19. The van der Waals surface area contributed by atoms with Crippen LogP contribution in [0.3, 0.4) is 0 Å². The minimum Gasteiger partial charge on any atom is -0.354 e. The molecule has 30 heavy (non-hydrogen) atoms. The van der Waals surface area contributed by atoms with Crippen molar-refractivity contribution in [2.45, 2.75) is 32.2 Å². The molecule has 4 rings (SSSR count). The number of aromatic nitrogens is 1. The first-order valence-corrected chi connectivity index (χ1v) is 11.1. The third kappa shape index (κ3) is 4.60. The van der Waals surface area contributed by atoms with Crippen LogP contribution in [0.2, 0.25) is 0 Å². The summed E-state index contributed by atoms with van der Waals surface area (Å²) in [6.07, 6.45) is 2.32. The molecule has 2 amide bonds. The van der Waals surface area contributed by atoms with Crippen LogP contribution in [0.1, 0.15) is 33.8 Å². The number of nitrogens with one attached hydrogen (secondary N) is 1. The highest BCUT2D eigenvalue weighted by Crippen LogP contribution is 2.22. The van der Waals surface area contributed by atoms with Gasteiger partial charge >= 0.3 is 0 Å². The molecule has 0 bridgehead atoms. The highest BCUT2D eigenvalue weighted by molar-refractivity contribution is 7.09. The van der Waals surface area contributed by atoms with E-state index in [0.29, 0.717) is 25.1 Å². The second kappa shape index (κ2) is 9.22. The molecule has 3 aromatic rings. The first-order chi connectivity index (χ1) is 14.6. The van der Waals surface area contributed by atoms with Gasteiger partial charge in [-0.25, -0.2) is 4.98 Å². The number of amides is 2. The van der Waals surface area contributed by atoms with E-state index in [1.807, 2.05) is 25.1 Å². The predicted molar refractivity (Wildman–Crippen MR) is 120 cm³/mol. The van der Waals surface area contributed by atoms with E-state index in [1.54, 1.807) is 28.4 Å². The Kier molecular flexibility index (Phi) is 6.23. The maximum atomic E-state index is 12.7. The molecule has 0 unspecified atom stereocenters. The molecule has 1 N–H and O–H groups in total. The van der Waals surface area contributed by atoms with Gasteiger partial charge in [-0.15, -0.1) is 11.3 Å². The highest BCUT2D eigenvalue weighted by atomic mass is 32.1. The Bertz CT molecular complexity index is 1010. The van der Waals surface area contributed by atoms with Crippen LogP contribution in [0.25, 0.3) is 11.3 Å². The van der Waals surface area contributed by atoms with Gasteiger partial charge in [-0.05, 0) is 43.9 Å². The summed E-state index contributed by atoms with van der Waals surface area (Å²) in [6.45, 7) is 3.19. The number of hydrogen-bond acceptors (Lipinski definition) is 4. The lowest BCUT2D eigenvalue weighted by molar-refractivity contribution is -0.124. The average Bonchev–Trinajstić information content (AvgIpc) is 3.44. The van der Waals surface area contributed by atoms with Crippen molar-refractivity contribution in [3.63, 3.8) is 0 Å². The summed E-state index contributed by atoms with van der Waals surface area (Å²) < 4.78 is 0. The number of carbonyl (C=O) groups excluding carboxylic acids is 2. The third-order valence-electron chi connectivity index (χ3n) is 5.42. The summed E-state index contributed by atoms with van der Waals surface area (Å²) in [5.74, 6) is -0.132. The normalized spacial score (nSPS) is 15.9. The molecular formula is C24H25N3O2S. The Hall–Kier alpha value is -2.99. The standard InChI is InChI=1S/C24H25N3O2S/c1-17-26-21(16-30-17)19-11-9-18(10-12-19)13-14-25-23(28)22-8-5-15-27(22)24(29)20-6-3-2-4-7-20/h2-4,6-7,9-12,16,22H,5,8,13-15H2,1H3,(H,25,28)/t22-/m0/s1. The summed E-state index contributed by atoms with van der Waals surface area (Å²) in [5, 5.41) is 6.14. The van der Waals surface area contributed by atoms with E-state index in [9.17, 15) is 9.59 Å². The monoisotopic (exact) mass is 419 g/mol. The molecule has 1 atom stereocenters. The topological polar surface area (TPSA) is 62.3 Å². The van der Waals surface area contributed by atoms with E-state index < -0.39 is 0 Å². The molecular weight excluding hydrogens is 394 g/mol. The van der Waals surface area contributed by atoms with E-state index in [4.69, 9.17) is 0 Å². The quantitative estimate of drug-likeness (QED) is 0.655. The van der Waals surface area contributed by atoms with Gasteiger partial charge in [-0.3, -0.25) is 9.59 Å². The molecule has 2 aromatic carbocycles. The van der Waals surface area contributed by atoms with Crippen LogP contribution in [0.4, 0.5) is 0 Å². The summed E-state index contributed by atoms with van der Waals surface area (Å²) >= 11 is 1.65. The number of benzene rings is 2. The van der Waals surface area contributed by atoms with Crippen LogP contribution < -0.4 is 5.32 Å². The van der Waals surface area contributed by atoms with Crippen LogP contribution in [0, 0.1) is 6.92 Å². The molecule has 0 radical (unpaired) electrons. The lowest BCUT2D eigenvalue weighted by Crippen LogP contribution is -2.46. The molecule has 1 aliphatic rings. The SMILES string of the molecule is Cc1nc(-c2ccc(CCNC(=O)[C@@H]3CCCN3C(=O)c3ccccc3)cc2)cs1. The highest BCUT2D eigenvalue weighted by Gasteiger charge is 2.34. The molecule has 1 aromatic heterocycles. The lowest BCUT2D eigenvalue weighted by Gasteiger charge is -2.24. The van der Waals surface area contributed by atoms with Gasteiger partial charge in [0, 0.05) is 29.6 Å². The Morgan fingerprint density at radius 2 is 1.90 bits per heavy atom. The number of likely N-dealkylation sites (tertiary alicyclic amines) is 1. The number of carbonyl (C=O) groups is 2. The number of nitrogens with zero attached hydrogens (tertiary/aromatic N) is 2. The number of rotatable bonds is 6. The van der Waals surface area contributed by atoms with Crippen molar-refractivity contribution >= 4 is 23.2 Å². The second-order valence-corrected chi connectivity index (χ2v) is 8.57. The molecule has 1 saturated heterocycles. The van der Waals surface area contributed by atoms with Gasteiger partial charge in [0.1, 0.15) is 6.04 Å². The molecule has 6 heteroatoms. The number of hydrogen-bond donors (Lipinski definition) is 1. The zero-order valence-electron chi connectivity index (χ0n) is 17.0. The lowest BCUT2D eigenvalue weighted by atomic mass is 10.1. The van der Waals surface area contributed by atoms with Gasteiger partial charge in [0.25, 0.3) is 5.91 Å². The summed E-state index contributed by atoms with van der Waals surface area (Å²) in [4.78, 5) is 31.7. The fourth-order valence-electron chi connectivity index (χ4n) is 3.81. The van der Waals surface area contributed by atoms with Crippen LogP contribution in [0.5, 0.6) is 0 Å². The minimum absolute atomic E-state index is 0.0636. The Balaban J connectivity index is 1.30. The van der Waals surface area contributed by atoms with E-state index in [2.05, 4.69) is 39.9 Å². The van der Waals surface area contributed by atoms with E-state index >= 15 is 0 Å². The van der Waals surface area contributed by atoms with E-state index in [-0.39, 0.29) is 17.9 Å². The molecule has 1 fully saturated rings. The molecule has 1 aliphatic heterocycles. The van der Waals surface area contributed by atoms with Crippen molar-refractivity contribution in [2.75, 3.05) is 13.1 Å². The molecule has 2 heterocycles. The van der Waals surface area contributed by atoms with Crippen molar-refractivity contribution in [2.24, 2.45) is 0 Å². The first-order valence-electron chi connectivity index (χ1n) is 10.3. The largest absolute Gasteiger partial charge is 0.354 e. The first kappa shape index (κ1) is 20.3. The Labute approximate surface area is 180 Å². The predicted octanol–water partition coefficient (Wildman–Crippen LogP) is 4.08. The smallest absolute Gasteiger partial charge is 0.254 e. The van der Waals surface area contributed by atoms with Gasteiger partial charge in [-0.2, -0.15) is 0 Å². The molecule has 0 saturated carbocycles. The average molecular weight is 420 g/mol. The van der Waals surface area contributed by atoms with Gasteiger partial charge in [0.05, 0.1) is 10.7 Å². The van der Waals surface area contributed by atoms with Crippen molar-refractivity contribution in [3.05, 3.63) is 76.1 Å². The molecule has 154 valence electrons.